The largest absolute Gasteiger partial charge is 0.375 e. The second kappa shape index (κ2) is 7.74. The van der Waals surface area contributed by atoms with Gasteiger partial charge in [0.25, 0.3) is 0 Å². The first-order chi connectivity index (χ1) is 12.4. The van der Waals surface area contributed by atoms with Gasteiger partial charge in [-0.1, -0.05) is 32.3 Å². The summed E-state index contributed by atoms with van der Waals surface area (Å²) in [5.74, 6) is 2.93. The molecule has 2 aromatic heterocycles. The number of morpholine rings is 1. The maximum absolute atomic E-state index is 5.92. The molecule has 0 N–H and O–H groups in total. The molecule has 0 radical (unpaired) electrons. The number of aromatic nitrogens is 3. The normalized spacial score (nSPS) is 18.0. The minimum absolute atomic E-state index is 0.251. The van der Waals surface area contributed by atoms with Crippen LogP contribution in [0.4, 0.5) is 5.82 Å². The smallest absolute Gasteiger partial charge is 0.143 e. The van der Waals surface area contributed by atoms with Crippen LogP contribution in [0.1, 0.15) is 62.4 Å². The zero-order chi connectivity index (χ0) is 18.8. The number of anilines is 1. The molecule has 0 aliphatic carbocycles. The number of hydrogen-bond donors (Lipinski definition) is 0. The molecule has 1 atom stereocenters. The van der Waals surface area contributed by atoms with Gasteiger partial charge in [-0.25, -0.2) is 9.97 Å². The molecular weight excluding hydrogens is 328 g/mol. The van der Waals surface area contributed by atoms with Crippen LogP contribution in [0.3, 0.4) is 0 Å². The van der Waals surface area contributed by atoms with Crippen LogP contribution in [-0.4, -0.2) is 40.9 Å². The summed E-state index contributed by atoms with van der Waals surface area (Å²) in [6.45, 7) is 14.9. The van der Waals surface area contributed by atoms with Crippen LogP contribution in [0.25, 0.3) is 11.3 Å². The molecule has 0 aromatic carbocycles. The SMILES string of the molecule is CCC[C@@H]1CN(c2nc(C(C)C)nc(-c3c(C)noc3C)c2C)CCO1. The lowest BCUT2D eigenvalue weighted by molar-refractivity contribution is 0.0345. The number of aryl methyl sites for hydroxylation is 2. The molecule has 6 heteroatoms. The average Bonchev–Trinajstić information content (AvgIpc) is 2.94. The van der Waals surface area contributed by atoms with Gasteiger partial charge in [0.05, 0.1) is 29.7 Å². The van der Waals surface area contributed by atoms with Gasteiger partial charge in [-0.3, -0.25) is 0 Å². The minimum Gasteiger partial charge on any atom is -0.375 e. The van der Waals surface area contributed by atoms with Gasteiger partial charge in [0, 0.05) is 24.6 Å². The Morgan fingerprint density at radius 3 is 2.58 bits per heavy atom. The highest BCUT2D eigenvalue weighted by molar-refractivity contribution is 5.71. The summed E-state index contributed by atoms with van der Waals surface area (Å²) >= 11 is 0. The molecular formula is C20H30N4O2. The van der Waals surface area contributed by atoms with Crippen LogP contribution in [0.2, 0.25) is 0 Å². The van der Waals surface area contributed by atoms with Gasteiger partial charge in [-0.05, 0) is 27.2 Å². The third-order valence-corrected chi connectivity index (χ3v) is 4.97. The first kappa shape index (κ1) is 18.8. The second-order valence-electron chi connectivity index (χ2n) is 7.46. The molecule has 3 heterocycles. The number of nitrogens with zero attached hydrogens (tertiary/aromatic N) is 4. The maximum atomic E-state index is 5.92. The molecule has 1 fully saturated rings. The number of rotatable bonds is 5. The maximum Gasteiger partial charge on any atom is 0.143 e. The third kappa shape index (κ3) is 3.61. The van der Waals surface area contributed by atoms with Crippen LogP contribution in [0.15, 0.2) is 4.52 Å². The highest BCUT2D eigenvalue weighted by atomic mass is 16.5. The topological polar surface area (TPSA) is 64.3 Å². The molecule has 6 nitrogen and oxygen atoms in total. The Morgan fingerprint density at radius 1 is 1.19 bits per heavy atom. The molecule has 0 amide bonds. The summed E-state index contributed by atoms with van der Waals surface area (Å²) in [7, 11) is 0. The molecule has 1 aliphatic heterocycles. The second-order valence-corrected chi connectivity index (χ2v) is 7.46. The molecule has 142 valence electrons. The van der Waals surface area contributed by atoms with Crippen LogP contribution >= 0.6 is 0 Å². The molecule has 0 bridgehead atoms. The van der Waals surface area contributed by atoms with Crippen molar-refractivity contribution < 1.29 is 9.26 Å². The van der Waals surface area contributed by atoms with Crippen molar-refractivity contribution in [3.8, 4) is 11.3 Å². The third-order valence-electron chi connectivity index (χ3n) is 4.97. The van der Waals surface area contributed by atoms with E-state index >= 15 is 0 Å². The van der Waals surface area contributed by atoms with E-state index in [4.69, 9.17) is 19.2 Å². The summed E-state index contributed by atoms with van der Waals surface area (Å²) in [6, 6.07) is 0. The van der Waals surface area contributed by atoms with Gasteiger partial charge >= 0.3 is 0 Å². The highest BCUT2D eigenvalue weighted by Gasteiger charge is 2.26. The fraction of sp³-hybridized carbons (Fsp3) is 0.650. The molecule has 0 unspecified atom stereocenters. The Balaban J connectivity index is 2.08. The van der Waals surface area contributed by atoms with Crippen LogP contribution in [-0.2, 0) is 4.74 Å². The zero-order valence-electron chi connectivity index (χ0n) is 16.8. The Hall–Kier alpha value is -1.95. The van der Waals surface area contributed by atoms with Gasteiger partial charge in [0.15, 0.2) is 0 Å². The summed E-state index contributed by atoms with van der Waals surface area (Å²) in [4.78, 5) is 12.2. The highest BCUT2D eigenvalue weighted by Crippen LogP contribution is 2.34. The standard InChI is InChI=1S/C20H30N4O2/c1-7-8-16-11-24(9-10-25-16)20-13(4)18(21-19(22-20)12(2)3)17-14(5)23-26-15(17)6/h12,16H,7-11H2,1-6H3/t16-/m1/s1. The summed E-state index contributed by atoms with van der Waals surface area (Å²) < 4.78 is 11.3. The lowest BCUT2D eigenvalue weighted by Crippen LogP contribution is -2.43. The number of hydrogen-bond acceptors (Lipinski definition) is 6. The fourth-order valence-electron chi connectivity index (χ4n) is 3.56. The first-order valence-corrected chi connectivity index (χ1v) is 9.60. The van der Waals surface area contributed by atoms with E-state index < -0.39 is 0 Å². The predicted octanol–water partition coefficient (Wildman–Crippen LogP) is 4.19. The van der Waals surface area contributed by atoms with Crippen molar-refractivity contribution in [2.45, 2.75) is 66.4 Å². The van der Waals surface area contributed by atoms with E-state index in [0.29, 0.717) is 0 Å². The van der Waals surface area contributed by atoms with Gasteiger partial charge < -0.3 is 14.2 Å². The first-order valence-electron chi connectivity index (χ1n) is 9.60. The van der Waals surface area contributed by atoms with Crippen molar-refractivity contribution in [2.75, 3.05) is 24.6 Å². The van der Waals surface area contributed by atoms with E-state index in [1.165, 1.54) is 0 Å². The van der Waals surface area contributed by atoms with Crippen LogP contribution in [0, 0.1) is 20.8 Å². The van der Waals surface area contributed by atoms with E-state index in [-0.39, 0.29) is 12.0 Å². The lowest BCUT2D eigenvalue weighted by atomic mass is 10.0. The van der Waals surface area contributed by atoms with Crippen LogP contribution < -0.4 is 4.90 Å². The summed E-state index contributed by atoms with van der Waals surface area (Å²) in [5.41, 5.74) is 3.89. The van der Waals surface area contributed by atoms with E-state index in [9.17, 15) is 0 Å². The molecule has 3 rings (SSSR count). The van der Waals surface area contributed by atoms with Gasteiger partial charge in [0.2, 0.25) is 0 Å². The fourth-order valence-corrected chi connectivity index (χ4v) is 3.56. The summed E-state index contributed by atoms with van der Waals surface area (Å²) in [5, 5.41) is 4.12. The quantitative estimate of drug-likeness (QED) is 0.799. The molecule has 1 saturated heterocycles. The van der Waals surface area contributed by atoms with Gasteiger partial charge in [-0.15, -0.1) is 0 Å². The lowest BCUT2D eigenvalue weighted by Gasteiger charge is -2.35. The molecule has 0 spiro atoms. The molecule has 26 heavy (non-hydrogen) atoms. The van der Waals surface area contributed by atoms with Gasteiger partial charge in [-0.2, -0.15) is 0 Å². The molecule has 0 saturated carbocycles. The monoisotopic (exact) mass is 358 g/mol. The van der Waals surface area contributed by atoms with Crippen molar-refractivity contribution in [1.29, 1.82) is 0 Å². The Morgan fingerprint density at radius 2 is 1.96 bits per heavy atom. The van der Waals surface area contributed by atoms with E-state index in [0.717, 1.165) is 72.5 Å². The number of ether oxygens (including phenoxy) is 1. The van der Waals surface area contributed by atoms with Crippen molar-refractivity contribution in [3.63, 3.8) is 0 Å². The van der Waals surface area contributed by atoms with Crippen LogP contribution in [0.5, 0.6) is 0 Å². The average molecular weight is 358 g/mol. The summed E-state index contributed by atoms with van der Waals surface area (Å²) in [6.07, 6.45) is 2.48. The van der Waals surface area contributed by atoms with Gasteiger partial charge in [0.1, 0.15) is 17.4 Å². The van der Waals surface area contributed by atoms with E-state index in [2.05, 4.69) is 37.8 Å². The predicted molar refractivity (Wildman–Crippen MR) is 103 cm³/mol. The van der Waals surface area contributed by atoms with E-state index in [1.54, 1.807) is 0 Å². The van der Waals surface area contributed by atoms with Crippen molar-refractivity contribution in [1.82, 2.24) is 15.1 Å². The van der Waals surface area contributed by atoms with Crippen molar-refractivity contribution in [2.24, 2.45) is 0 Å². The Labute approximate surface area is 156 Å². The molecule has 1 aliphatic rings. The van der Waals surface area contributed by atoms with Crippen molar-refractivity contribution >= 4 is 5.82 Å². The molecule has 2 aromatic rings. The van der Waals surface area contributed by atoms with Crippen molar-refractivity contribution in [3.05, 3.63) is 22.8 Å². The minimum atomic E-state index is 0.251. The Kier molecular flexibility index (Phi) is 5.61. The Bertz CT molecular complexity index is 748. The van der Waals surface area contributed by atoms with E-state index in [1.807, 2.05) is 13.8 Å². The zero-order valence-corrected chi connectivity index (χ0v) is 16.8.